The van der Waals surface area contributed by atoms with Crippen LogP contribution in [0, 0.1) is 36.0 Å². The molecule has 0 aliphatic carbocycles. The van der Waals surface area contributed by atoms with Crippen LogP contribution in [0.2, 0.25) is 0 Å². The molecule has 0 aliphatic heterocycles. The zero-order valence-corrected chi connectivity index (χ0v) is 10.7. The first-order valence-corrected chi connectivity index (χ1v) is 5.81. The summed E-state index contributed by atoms with van der Waals surface area (Å²) in [4.78, 5) is 0. The highest BCUT2D eigenvalue weighted by atomic mass is 19.2. The van der Waals surface area contributed by atoms with Gasteiger partial charge in [-0.1, -0.05) is 0 Å². The molecule has 2 N–H and O–H groups in total. The Kier molecular flexibility index (Phi) is 4.17. The van der Waals surface area contributed by atoms with Crippen LogP contribution in [0.1, 0.15) is 17.6 Å². The minimum Gasteiger partial charge on any atom is -0.475 e. The van der Waals surface area contributed by atoms with Crippen LogP contribution < -0.4 is 10.5 Å². The lowest BCUT2D eigenvalue weighted by molar-refractivity contribution is 0.160. The van der Waals surface area contributed by atoms with Gasteiger partial charge < -0.3 is 14.9 Å². The number of benzene rings is 1. The monoisotopic (exact) mass is 307 g/mol. The van der Waals surface area contributed by atoms with Crippen LogP contribution in [0.4, 0.5) is 22.0 Å². The average molecular weight is 307 g/mol. The number of hydrogen-bond acceptors (Lipinski definition) is 3. The normalized spacial score (nSPS) is 12.5. The van der Waals surface area contributed by atoms with Crippen molar-refractivity contribution < 1.29 is 31.1 Å². The second-order valence-electron chi connectivity index (χ2n) is 4.19. The van der Waals surface area contributed by atoms with Crippen molar-refractivity contribution in [3.8, 4) is 5.75 Å². The van der Waals surface area contributed by atoms with Crippen LogP contribution in [0.3, 0.4) is 0 Å². The molecule has 2 aromatic rings. The van der Waals surface area contributed by atoms with Gasteiger partial charge in [-0.2, -0.15) is 8.78 Å². The smallest absolute Gasteiger partial charge is 0.207 e. The summed E-state index contributed by atoms with van der Waals surface area (Å²) >= 11 is 0. The maximum absolute atomic E-state index is 13.5. The van der Waals surface area contributed by atoms with Gasteiger partial charge >= 0.3 is 0 Å². The van der Waals surface area contributed by atoms with Crippen molar-refractivity contribution in [2.75, 3.05) is 6.54 Å². The van der Waals surface area contributed by atoms with Crippen molar-refractivity contribution in [1.29, 1.82) is 0 Å². The second-order valence-corrected chi connectivity index (χ2v) is 4.19. The van der Waals surface area contributed by atoms with Crippen LogP contribution in [0.15, 0.2) is 16.5 Å². The molecule has 1 atom stereocenters. The van der Waals surface area contributed by atoms with Crippen LogP contribution in [0.5, 0.6) is 5.75 Å². The van der Waals surface area contributed by atoms with Crippen LogP contribution in [-0.2, 0) is 0 Å². The highest BCUT2D eigenvalue weighted by molar-refractivity contribution is 5.30. The molecule has 0 radical (unpaired) electrons. The fourth-order valence-corrected chi connectivity index (χ4v) is 1.68. The Morgan fingerprint density at radius 2 is 1.52 bits per heavy atom. The summed E-state index contributed by atoms with van der Waals surface area (Å²) in [6.45, 7) is 1.32. The number of halogens is 5. The SMILES string of the molecule is Cc1ccc(C(CN)Oc2c(F)c(F)c(F)c(F)c2F)o1. The zero-order valence-electron chi connectivity index (χ0n) is 10.7. The summed E-state index contributed by atoms with van der Waals surface area (Å²) in [7, 11) is 0. The molecule has 1 aromatic heterocycles. The Balaban J connectivity index is 2.43. The Hall–Kier alpha value is -2.09. The van der Waals surface area contributed by atoms with Gasteiger partial charge in [-0.3, -0.25) is 0 Å². The standard InChI is InChI=1S/C13H10F5NO2/c1-5-2-3-6(20-5)7(4-19)21-13-11(17)9(15)8(14)10(16)12(13)18/h2-3,7H,4,19H2,1H3. The van der Waals surface area contributed by atoms with E-state index in [9.17, 15) is 22.0 Å². The van der Waals surface area contributed by atoms with Crippen molar-refractivity contribution >= 4 is 0 Å². The van der Waals surface area contributed by atoms with E-state index in [-0.39, 0.29) is 12.3 Å². The molecule has 0 saturated carbocycles. The third-order valence-electron chi connectivity index (χ3n) is 2.72. The van der Waals surface area contributed by atoms with E-state index < -0.39 is 40.9 Å². The van der Waals surface area contributed by atoms with Crippen molar-refractivity contribution in [1.82, 2.24) is 0 Å². The molecule has 1 unspecified atom stereocenters. The molecule has 3 nitrogen and oxygen atoms in total. The minimum absolute atomic E-state index is 0.110. The van der Waals surface area contributed by atoms with Gasteiger partial charge in [0.15, 0.2) is 11.9 Å². The third kappa shape index (κ3) is 2.71. The maximum atomic E-state index is 13.5. The molecule has 1 heterocycles. The Morgan fingerprint density at radius 3 is 1.95 bits per heavy atom. The van der Waals surface area contributed by atoms with E-state index in [1.54, 1.807) is 13.0 Å². The molecule has 0 spiro atoms. The van der Waals surface area contributed by atoms with Gasteiger partial charge in [0.2, 0.25) is 29.1 Å². The van der Waals surface area contributed by atoms with E-state index in [2.05, 4.69) is 0 Å². The Morgan fingerprint density at radius 1 is 1.00 bits per heavy atom. The second kappa shape index (κ2) is 5.72. The lowest BCUT2D eigenvalue weighted by Gasteiger charge is -2.17. The maximum Gasteiger partial charge on any atom is 0.207 e. The van der Waals surface area contributed by atoms with Gasteiger partial charge in [-0.05, 0) is 19.1 Å². The fourth-order valence-electron chi connectivity index (χ4n) is 1.68. The first-order valence-electron chi connectivity index (χ1n) is 5.81. The van der Waals surface area contributed by atoms with Crippen LogP contribution >= 0.6 is 0 Å². The van der Waals surface area contributed by atoms with Crippen molar-refractivity contribution in [2.24, 2.45) is 5.73 Å². The topological polar surface area (TPSA) is 48.4 Å². The predicted octanol–water partition coefficient (Wildman–Crippen LogP) is 3.36. The number of nitrogens with two attached hydrogens (primary N) is 1. The van der Waals surface area contributed by atoms with Crippen LogP contribution in [-0.4, -0.2) is 6.54 Å². The van der Waals surface area contributed by atoms with Gasteiger partial charge in [-0.15, -0.1) is 0 Å². The largest absolute Gasteiger partial charge is 0.475 e. The van der Waals surface area contributed by atoms with E-state index >= 15 is 0 Å². The summed E-state index contributed by atoms with van der Waals surface area (Å²) in [6, 6.07) is 2.97. The fraction of sp³-hybridized carbons (Fsp3) is 0.231. The molecule has 114 valence electrons. The average Bonchev–Trinajstić information content (AvgIpc) is 2.90. The number of aryl methyl sites for hydroxylation is 1. The quantitative estimate of drug-likeness (QED) is 0.535. The predicted molar refractivity (Wildman–Crippen MR) is 62.1 cm³/mol. The van der Waals surface area contributed by atoms with Crippen molar-refractivity contribution in [2.45, 2.75) is 13.0 Å². The molecular weight excluding hydrogens is 297 g/mol. The minimum atomic E-state index is -2.25. The Bertz CT molecular complexity index is 642. The number of rotatable bonds is 4. The van der Waals surface area contributed by atoms with Crippen molar-refractivity contribution in [3.63, 3.8) is 0 Å². The lowest BCUT2D eigenvalue weighted by Crippen LogP contribution is -2.20. The van der Waals surface area contributed by atoms with Crippen molar-refractivity contribution in [3.05, 3.63) is 52.7 Å². The van der Waals surface area contributed by atoms with Gasteiger partial charge in [-0.25, -0.2) is 13.2 Å². The lowest BCUT2D eigenvalue weighted by atomic mass is 10.2. The molecule has 0 amide bonds. The zero-order chi connectivity index (χ0) is 15.7. The first-order chi connectivity index (χ1) is 9.86. The molecule has 0 saturated heterocycles. The van der Waals surface area contributed by atoms with E-state index in [1.165, 1.54) is 6.07 Å². The van der Waals surface area contributed by atoms with Gasteiger partial charge in [0, 0.05) is 6.54 Å². The molecular formula is C13H10F5NO2. The summed E-state index contributed by atoms with van der Waals surface area (Å²) in [5, 5.41) is 0. The van der Waals surface area contributed by atoms with E-state index in [4.69, 9.17) is 14.9 Å². The molecule has 21 heavy (non-hydrogen) atoms. The molecule has 0 bridgehead atoms. The van der Waals surface area contributed by atoms with Gasteiger partial charge in [0.25, 0.3) is 0 Å². The van der Waals surface area contributed by atoms with E-state index in [0.29, 0.717) is 5.76 Å². The van der Waals surface area contributed by atoms with E-state index in [1.807, 2.05) is 0 Å². The summed E-state index contributed by atoms with van der Waals surface area (Å²) < 4.78 is 76.0. The van der Waals surface area contributed by atoms with E-state index in [0.717, 1.165) is 0 Å². The highest BCUT2D eigenvalue weighted by Gasteiger charge is 2.29. The van der Waals surface area contributed by atoms with Crippen LogP contribution in [0.25, 0.3) is 0 Å². The number of furan rings is 1. The van der Waals surface area contributed by atoms with Gasteiger partial charge in [0.1, 0.15) is 11.5 Å². The Labute approximate surface area is 116 Å². The first kappa shape index (κ1) is 15.3. The van der Waals surface area contributed by atoms with Gasteiger partial charge in [0.05, 0.1) is 0 Å². The summed E-state index contributed by atoms with van der Waals surface area (Å²) in [6.07, 6.45) is -1.19. The number of hydrogen-bond donors (Lipinski definition) is 1. The third-order valence-corrected chi connectivity index (χ3v) is 2.72. The molecule has 2 rings (SSSR count). The summed E-state index contributed by atoms with van der Waals surface area (Å²) in [5.74, 6) is -11.4. The molecule has 8 heteroatoms. The number of ether oxygens (including phenoxy) is 1. The molecule has 0 fully saturated rings. The highest BCUT2D eigenvalue weighted by Crippen LogP contribution is 2.32. The summed E-state index contributed by atoms with van der Waals surface area (Å²) in [5.41, 5.74) is 5.38. The molecule has 1 aromatic carbocycles. The molecule has 0 aliphatic rings.